The number of hydrogen-bond donors (Lipinski definition) is 3. The van der Waals surface area contributed by atoms with Gasteiger partial charge in [0.05, 0.1) is 17.8 Å². The van der Waals surface area contributed by atoms with Gasteiger partial charge in [-0.1, -0.05) is 6.92 Å². The highest BCUT2D eigenvalue weighted by molar-refractivity contribution is 5.91. The first kappa shape index (κ1) is 20.3. The van der Waals surface area contributed by atoms with Crippen LogP contribution in [-0.2, 0) is 16.0 Å². The maximum atomic E-state index is 12.2. The number of aromatic amines is 1. The van der Waals surface area contributed by atoms with Crippen LogP contribution in [0.2, 0.25) is 0 Å². The lowest BCUT2D eigenvalue weighted by Gasteiger charge is -2.18. The van der Waals surface area contributed by atoms with E-state index in [4.69, 9.17) is 4.74 Å². The van der Waals surface area contributed by atoms with Gasteiger partial charge in [-0.05, 0) is 45.4 Å². The normalized spacial score (nSPS) is 21.8. The van der Waals surface area contributed by atoms with Gasteiger partial charge in [-0.3, -0.25) is 19.9 Å². The van der Waals surface area contributed by atoms with E-state index in [-0.39, 0.29) is 36.0 Å². The van der Waals surface area contributed by atoms with Crippen LogP contribution < -0.4 is 10.6 Å². The van der Waals surface area contributed by atoms with Crippen LogP contribution in [0.4, 0.5) is 10.6 Å². The zero-order valence-electron chi connectivity index (χ0n) is 17.4. The largest absolute Gasteiger partial charge is 0.446 e. The second-order valence-electron chi connectivity index (χ2n) is 8.38. The van der Waals surface area contributed by atoms with Gasteiger partial charge in [0.1, 0.15) is 6.10 Å². The van der Waals surface area contributed by atoms with Crippen LogP contribution in [0.5, 0.6) is 0 Å². The third-order valence-corrected chi connectivity index (χ3v) is 6.04. The van der Waals surface area contributed by atoms with Crippen molar-refractivity contribution in [2.75, 3.05) is 5.32 Å². The van der Waals surface area contributed by atoms with Crippen molar-refractivity contribution in [2.24, 2.45) is 0 Å². The maximum absolute atomic E-state index is 12.2. The SMILES string of the molecule is CCC1(NC(=O)O[C@@H]2CC[C@H](c3cc(NC(=O)Cc4cnc(C)cn4)n[nH]3)C2)CC1. The average Bonchev–Trinajstić information content (AvgIpc) is 3.10. The number of hydrogen-bond acceptors (Lipinski definition) is 6. The van der Waals surface area contributed by atoms with Gasteiger partial charge in [0.15, 0.2) is 5.82 Å². The van der Waals surface area contributed by atoms with Gasteiger partial charge in [0.2, 0.25) is 5.91 Å². The third kappa shape index (κ3) is 4.95. The molecule has 0 saturated heterocycles. The van der Waals surface area contributed by atoms with E-state index in [0.717, 1.165) is 49.9 Å². The molecule has 2 aromatic rings. The summed E-state index contributed by atoms with van der Waals surface area (Å²) >= 11 is 0. The van der Waals surface area contributed by atoms with E-state index in [1.54, 1.807) is 12.4 Å². The Morgan fingerprint density at radius 2 is 2.10 bits per heavy atom. The number of aryl methyl sites for hydroxylation is 1. The monoisotopic (exact) mass is 412 g/mol. The first-order valence-electron chi connectivity index (χ1n) is 10.6. The Morgan fingerprint density at radius 1 is 1.27 bits per heavy atom. The lowest BCUT2D eigenvalue weighted by molar-refractivity contribution is -0.115. The van der Waals surface area contributed by atoms with Gasteiger partial charge in [-0.25, -0.2) is 4.79 Å². The predicted octanol–water partition coefficient (Wildman–Crippen LogP) is 2.99. The van der Waals surface area contributed by atoms with Crippen molar-refractivity contribution in [3.05, 3.63) is 35.5 Å². The Kier molecular flexibility index (Phi) is 5.69. The Morgan fingerprint density at radius 3 is 2.80 bits per heavy atom. The zero-order chi connectivity index (χ0) is 21.1. The van der Waals surface area contributed by atoms with Crippen molar-refractivity contribution >= 4 is 17.8 Å². The van der Waals surface area contributed by atoms with Crippen LogP contribution in [0, 0.1) is 6.92 Å². The van der Waals surface area contributed by atoms with E-state index < -0.39 is 0 Å². The Labute approximate surface area is 175 Å². The minimum atomic E-state index is -0.309. The number of ether oxygens (including phenoxy) is 1. The molecular formula is C21H28N6O3. The highest BCUT2D eigenvalue weighted by Gasteiger charge is 2.43. The van der Waals surface area contributed by atoms with Gasteiger partial charge < -0.3 is 15.4 Å². The molecule has 2 fully saturated rings. The summed E-state index contributed by atoms with van der Waals surface area (Å²) in [5, 5.41) is 13.0. The average molecular weight is 412 g/mol. The van der Waals surface area contributed by atoms with E-state index in [9.17, 15) is 9.59 Å². The number of anilines is 1. The number of carbonyl (C=O) groups excluding carboxylic acids is 2. The molecule has 4 rings (SSSR count). The Bertz CT molecular complexity index is 906. The molecule has 2 aliphatic carbocycles. The molecule has 2 saturated carbocycles. The molecule has 3 N–H and O–H groups in total. The molecular weight excluding hydrogens is 384 g/mol. The number of alkyl carbamates (subject to hydrolysis) is 1. The standard InChI is InChI=1S/C21H28N6O3/c1-3-21(6-7-21)25-20(29)30-16-5-4-14(8-16)17-10-18(27-26-17)24-19(28)9-15-12-22-13(2)11-23-15/h10-12,14,16H,3-9H2,1-2H3,(H,25,29)(H2,24,26,27,28)/t14-,16+/m0/s1. The number of rotatable bonds is 7. The minimum absolute atomic E-state index is 0.0320. The third-order valence-electron chi connectivity index (χ3n) is 6.04. The summed E-state index contributed by atoms with van der Waals surface area (Å²) in [6.07, 6.45) is 8.47. The fraction of sp³-hybridized carbons (Fsp3) is 0.571. The molecule has 2 aromatic heterocycles. The first-order valence-corrected chi connectivity index (χ1v) is 10.6. The van der Waals surface area contributed by atoms with Crippen molar-refractivity contribution in [1.82, 2.24) is 25.5 Å². The second kappa shape index (κ2) is 8.41. The highest BCUT2D eigenvalue weighted by atomic mass is 16.6. The zero-order valence-corrected chi connectivity index (χ0v) is 17.4. The summed E-state index contributed by atoms with van der Waals surface area (Å²) in [7, 11) is 0. The van der Waals surface area contributed by atoms with Crippen LogP contribution in [0.3, 0.4) is 0 Å². The van der Waals surface area contributed by atoms with E-state index in [1.165, 1.54) is 0 Å². The number of aromatic nitrogens is 4. The summed E-state index contributed by atoms with van der Waals surface area (Å²) < 4.78 is 5.62. The van der Waals surface area contributed by atoms with Crippen molar-refractivity contribution in [3.63, 3.8) is 0 Å². The molecule has 9 heteroatoms. The van der Waals surface area contributed by atoms with Crippen molar-refractivity contribution in [3.8, 4) is 0 Å². The van der Waals surface area contributed by atoms with Crippen molar-refractivity contribution in [2.45, 2.75) is 76.4 Å². The summed E-state index contributed by atoms with van der Waals surface area (Å²) in [6, 6.07) is 1.85. The fourth-order valence-electron chi connectivity index (χ4n) is 3.92. The second-order valence-corrected chi connectivity index (χ2v) is 8.38. The smallest absolute Gasteiger partial charge is 0.407 e. The summed E-state index contributed by atoms with van der Waals surface area (Å²) in [6.45, 7) is 3.93. The molecule has 2 heterocycles. The van der Waals surface area contributed by atoms with Crippen LogP contribution in [0.1, 0.15) is 68.4 Å². The molecule has 2 amide bonds. The first-order chi connectivity index (χ1) is 14.4. The molecule has 2 aliphatic rings. The molecule has 0 radical (unpaired) electrons. The quantitative estimate of drug-likeness (QED) is 0.643. The van der Waals surface area contributed by atoms with E-state index in [1.807, 2.05) is 13.0 Å². The van der Waals surface area contributed by atoms with E-state index in [2.05, 4.69) is 37.7 Å². The van der Waals surface area contributed by atoms with Gasteiger partial charge in [-0.15, -0.1) is 0 Å². The van der Waals surface area contributed by atoms with Crippen molar-refractivity contribution in [1.29, 1.82) is 0 Å². The molecule has 0 aliphatic heterocycles. The Hall–Kier alpha value is -2.97. The van der Waals surface area contributed by atoms with Crippen LogP contribution >= 0.6 is 0 Å². The molecule has 0 aromatic carbocycles. The number of amides is 2. The summed E-state index contributed by atoms with van der Waals surface area (Å²) in [5.41, 5.74) is 2.33. The van der Waals surface area contributed by atoms with Gasteiger partial charge >= 0.3 is 6.09 Å². The number of H-pyrrole nitrogens is 1. The van der Waals surface area contributed by atoms with Crippen LogP contribution in [0.15, 0.2) is 18.5 Å². The number of nitrogens with zero attached hydrogens (tertiary/aromatic N) is 3. The summed E-state index contributed by atoms with van der Waals surface area (Å²) in [5.74, 6) is 0.515. The predicted molar refractivity (Wildman–Crippen MR) is 110 cm³/mol. The maximum Gasteiger partial charge on any atom is 0.407 e. The molecule has 160 valence electrons. The molecule has 0 spiro atoms. The molecule has 9 nitrogen and oxygen atoms in total. The Balaban J connectivity index is 1.25. The molecule has 30 heavy (non-hydrogen) atoms. The highest BCUT2D eigenvalue weighted by Crippen LogP contribution is 2.39. The summed E-state index contributed by atoms with van der Waals surface area (Å²) in [4.78, 5) is 32.7. The lowest BCUT2D eigenvalue weighted by Crippen LogP contribution is -2.38. The fourth-order valence-corrected chi connectivity index (χ4v) is 3.92. The lowest BCUT2D eigenvalue weighted by atomic mass is 10.0. The topological polar surface area (TPSA) is 122 Å². The van der Waals surface area contributed by atoms with Crippen LogP contribution in [0.25, 0.3) is 0 Å². The van der Waals surface area contributed by atoms with E-state index >= 15 is 0 Å². The van der Waals surface area contributed by atoms with E-state index in [0.29, 0.717) is 11.5 Å². The minimum Gasteiger partial charge on any atom is -0.446 e. The molecule has 0 unspecified atom stereocenters. The van der Waals surface area contributed by atoms with Gasteiger partial charge in [0.25, 0.3) is 0 Å². The van der Waals surface area contributed by atoms with Crippen molar-refractivity contribution < 1.29 is 14.3 Å². The molecule has 2 atom stereocenters. The van der Waals surface area contributed by atoms with Crippen LogP contribution in [-0.4, -0.2) is 43.8 Å². The van der Waals surface area contributed by atoms with Gasteiger partial charge in [0, 0.05) is 35.6 Å². The molecule has 0 bridgehead atoms. The van der Waals surface area contributed by atoms with Gasteiger partial charge in [-0.2, -0.15) is 5.10 Å². The number of nitrogens with one attached hydrogen (secondary N) is 3. The number of carbonyl (C=O) groups is 2.